The fourth-order valence-corrected chi connectivity index (χ4v) is 5.43. The summed E-state index contributed by atoms with van der Waals surface area (Å²) in [6, 6.07) is 26.0. The number of hydrogen-bond donors (Lipinski definition) is 3. The average Bonchev–Trinajstić information content (AvgIpc) is 2.93. The first-order valence-corrected chi connectivity index (χ1v) is 14.2. The van der Waals surface area contributed by atoms with Crippen LogP contribution >= 0.6 is 11.6 Å². The van der Waals surface area contributed by atoms with E-state index < -0.39 is 21.9 Å². The lowest BCUT2D eigenvalue weighted by molar-refractivity contribution is 0.0696. The van der Waals surface area contributed by atoms with Crippen molar-refractivity contribution in [3.63, 3.8) is 0 Å². The van der Waals surface area contributed by atoms with Crippen LogP contribution in [0, 0.1) is 0 Å². The summed E-state index contributed by atoms with van der Waals surface area (Å²) in [5, 5.41) is 23.2. The zero-order valence-corrected chi connectivity index (χ0v) is 22.5. The largest absolute Gasteiger partial charge is 0.478 e. The first-order valence-electron chi connectivity index (χ1n) is 12.3. The van der Waals surface area contributed by atoms with Crippen LogP contribution in [-0.2, 0) is 16.3 Å². The maximum Gasteiger partial charge on any atom is 0.335 e. The van der Waals surface area contributed by atoms with E-state index in [1.807, 2.05) is 6.07 Å². The van der Waals surface area contributed by atoms with Gasteiger partial charge < -0.3 is 20.3 Å². The van der Waals surface area contributed by atoms with Crippen LogP contribution in [-0.4, -0.2) is 37.7 Å². The maximum absolute atomic E-state index is 13.1. The predicted molar refractivity (Wildman–Crippen MR) is 149 cm³/mol. The molecule has 0 aliphatic heterocycles. The number of aliphatic hydroxyl groups excluding tert-OH is 1. The van der Waals surface area contributed by atoms with Crippen molar-refractivity contribution in [2.24, 2.45) is 0 Å². The molecule has 0 amide bonds. The summed E-state index contributed by atoms with van der Waals surface area (Å²) in [5.41, 5.74) is 1.87. The van der Waals surface area contributed by atoms with Crippen LogP contribution in [0.4, 0.5) is 0 Å². The second-order valence-corrected chi connectivity index (χ2v) is 11.3. The Morgan fingerprint density at radius 2 is 1.54 bits per heavy atom. The van der Waals surface area contributed by atoms with Gasteiger partial charge in [0, 0.05) is 11.6 Å². The van der Waals surface area contributed by atoms with Crippen LogP contribution in [0.15, 0.2) is 107 Å². The van der Waals surface area contributed by atoms with Crippen LogP contribution < -0.4 is 10.1 Å². The standard InChI is InChI=1S/C30H28ClNO6S/c31-24-7-1-5-22(18-24)29(33)20-32-17-3-4-21-9-13-27(14-10-21)39(36,37)28-15-11-25(12-16-28)38-26-8-2-6-23(19-26)30(34)35/h1-2,5-16,18-19,29,32-33H,3-4,17,20H2,(H,34,35)/t29-/m1/s1. The van der Waals surface area contributed by atoms with Crippen LogP contribution in [0.1, 0.15) is 34.0 Å². The molecule has 0 aliphatic rings. The molecule has 202 valence electrons. The van der Waals surface area contributed by atoms with Crippen LogP contribution in [0.25, 0.3) is 0 Å². The normalized spacial score (nSPS) is 12.2. The summed E-state index contributed by atoms with van der Waals surface area (Å²) in [4.78, 5) is 11.5. The van der Waals surface area contributed by atoms with Crippen molar-refractivity contribution in [2.75, 3.05) is 13.1 Å². The number of rotatable bonds is 12. The van der Waals surface area contributed by atoms with Gasteiger partial charge in [-0.15, -0.1) is 0 Å². The molecule has 0 aromatic heterocycles. The van der Waals surface area contributed by atoms with Gasteiger partial charge in [-0.05, 0) is 97.2 Å². The number of benzene rings is 4. The molecule has 0 fully saturated rings. The Hall–Kier alpha value is -3.69. The Kier molecular flexibility index (Phi) is 9.37. The van der Waals surface area contributed by atoms with E-state index in [1.165, 1.54) is 36.4 Å². The number of sulfone groups is 1. The van der Waals surface area contributed by atoms with E-state index in [-0.39, 0.29) is 15.4 Å². The number of hydrogen-bond acceptors (Lipinski definition) is 6. The molecule has 0 unspecified atom stereocenters. The Labute approximate surface area is 232 Å². The molecule has 1 atom stereocenters. The van der Waals surface area contributed by atoms with Gasteiger partial charge in [-0.25, -0.2) is 13.2 Å². The number of halogens is 1. The van der Waals surface area contributed by atoms with Crippen molar-refractivity contribution in [3.8, 4) is 11.5 Å². The second-order valence-electron chi connectivity index (χ2n) is 8.93. The van der Waals surface area contributed by atoms with Crippen molar-refractivity contribution in [3.05, 3.63) is 119 Å². The Bertz CT molecular complexity index is 1520. The smallest absolute Gasteiger partial charge is 0.335 e. The molecular weight excluding hydrogens is 538 g/mol. The Morgan fingerprint density at radius 3 is 2.21 bits per heavy atom. The quantitative estimate of drug-likeness (QED) is 0.183. The van der Waals surface area contributed by atoms with Crippen molar-refractivity contribution in [1.82, 2.24) is 5.32 Å². The highest BCUT2D eigenvalue weighted by molar-refractivity contribution is 7.91. The summed E-state index contributed by atoms with van der Waals surface area (Å²) in [5.74, 6) is -0.330. The van der Waals surface area contributed by atoms with E-state index in [0.717, 1.165) is 24.0 Å². The lowest BCUT2D eigenvalue weighted by Gasteiger charge is -2.12. The van der Waals surface area contributed by atoms with E-state index in [2.05, 4.69) is 5.32 Å². The molecule has 0 saturated carbocycles. The van der Waals surface area contributed by atoms with E-state index in [0.29, 0.717) is 29.6 Å². The number of carbonyl (C=O) groups is 1. The molecular formula is C30H28ClNO6S. The minimum Gasteiger partial charge on any atom is -0.478 e. The van der Waals surface area contributed by atoms with Crippen LogP contribution in [0.5, 0.6) is 11.5 Å². The van der Waals surface area contributed by atoms with Gasteiger partial charge in [0.25, 0.3) is 0 Å². The minimum atomic E-state index is -3.71. The third-order valence-corrected chi connectivity index (χ3v) is 8.10. The molecule has 7 nitrogen and oxygen atoms in total. The predicted octanol–water partition coefficient (Wildman–Crippen LogP) is 5.92. The van der Waals surface area contributed by atoms with Gasteiger partial charge in [0.1, 0.15) is 11.5 Å². The van der Waals surface area contributed by atoms with Gasteiger partial charge in [0.15, 0.2) is 0 Å². The fraction of sp³-hybridized carbons (Fsp3) is 0.167. The molecule has 4 aromatic carbocycles. The lowest BCUT2D eigenvalue weighted by Crippen LogP contribution is -2.22. The Morgan fingerprint density at radius 1 is 0.872 bits per heavy atom. The van der Waals surface area contributed by atoms with Crippen molar-refractivity contribution in [1.29, 1.82) is 0 Å². The van der Waals surface area contributed by atoms with Gasteiger partial charge in [0.05, 0.1) is 21.5 Å². The summed E-state index contributed by atoms with van der Waals surface area (Å²) < 4.78 is 31.8. The van der Waals surface area contributed by atoms with Crippen molar-refractivity contribution in [2.45, 2.75) is 28.7 Å². The third-order valence-electron chi connectivity index (χ3n) is 6.07. The molecule has 4 aromatic rings. The molecule has 39 heavy (non-hydrogen) atoms. The van der Waals surface area contributed by atoms with Gasteiger partial charge in [-0.1, -0.05) is 41.9 Å². The first-order chi connectivity index (χ1) is 18.7. The number of carboxylic acids is 1. The zero-order chi connectivity index (χ0) is 27.8. The van der Waals surface area contributed by atoms with E-state index in [4.69, 9.17) is 21.4 Å². The fourth-order valence-electron chi connectivity index (χ4n) is 3.97. The van der Waals surface area contributed by atoms with Crippen molar-refractivity contribution >= 4 is 27.4 Å². The number of aromatic carboxylic acids is 1. The first kappa shape index (κ1) is 28.3. The van der Waals surface area contributed by atoms with Crippen LogP contribution in [0.2, 0.25) is 5.02 Å². The van der Waals surface area contributed by atoms with E-state index in [1.54, 1.807) is 54.6 Å². The van der Waals surface area contributed by atoms with Gasteiger partial charge in [-0.3, -0.25) is 0 Å². The summed E-state index contributed by atoms with van der Waals surface area (Å²) in [7, 11) is -3.71. The lowest BCUT2D eigenvalue weighted by atomic mass is 10.1. The number of aryl methyl sites for hydroxylation is 1. The molecule has 3 N–H and O–H groups in total. The zero-order valence-electron chi connectivity index (χ0n) is 21.0. The van der Waals surface area contributed by atoms with Crippen molar-refractivity contribution < 1.29 is 28.2 Å². The molecule has 0 saturated heterocycles. The van der Waals surface area contributed by atoms with Crippen LogP contribution in [0.3, 0.4) is 0 Å². The van der Waals surface area contributed by atoms with E-state index >= 15 is 0 Å². The molecule has 0 spiro atoms. The molecule has 0 radical (unpaired) electrons. The Balaban J connectivity index is 1.28. The molecule has 4 rings (SSSR count). The maximum atomic E-state index is 13.1. The second kappa shape index (κ2) is 12.9. The summed E-state index contributed by atoms with van der Waals surface area (Å²) in [6.07, 6.45) is 0.943. The number of nitrogens with one attached hydrogen (secondary N) is 1. The number of carboxylic acid groups (broad SMARTS) is 1. The van der Waals surface area contributed by atoms with Gasteiger partial charge >= 0.3 is 5.97 Å². The highest BCUT2D eigenvalue weighted by Gasteiger charge is 2.18. The SMILES string of the molecule is O=C(O)c1cccc(Oc2ccc(S(=O)(=O)c3ccc(CCCNC[C@@H](O)c4cccc(Cl)c4)cc3)cc2)c1. The number of ether oxygens (including phenoxy) is 1. The molecule has 0 bridgehead atoms. The monoisotopic (exact) mass is 565 g/mol. The topological polar surface area (TPSA) is 113 Å². The number of aliphatic hydroxyl groups is 1. The summed E-state index contributed by atoms with van der Waals surface area (Å²) >= 11 is 5.97. The third kappa shape index (κ3) is 7.68. The highest BCUT2D eigenvalue weighted by atomic mass is 35.5. The van der Waals surface area contributed by atoms with Gasteiger partial charge in [-0.2, -0.15) is 0 Å². The highest BCUT2D eigenvalue weighted by Crippen LogP contribution is 2.27. The molecule has 0 heterocycles. The summed E-state index contributed by atoms with van der Waals surface area (Å²) in [6.45, 7) is 1.11. The van der Waals surface area contributed by atoms with Gasteiger partial charge in [0.2, 0.25) is 9.84 Å². The average molecular weight is 566 g/mol. The minimum absolute atomic E-state index is 0.0963. The molecule has 9 heteroatoms. The van der Waals surface area contributed by atoms with E-state index in [9.17, 15) is 18.3 Å². The molecule has 0 aliphatic carbocycles.